The molecule has 0 radical (unpaired) electrons. The summed E-state index contributed by atoms with van der Waals surface area (Å²) in [5.74, 6) is 0. The van der Waals surface area contributed by atoms with Gasteiger partial charge in [-0.3, -0.25) is 0 Å². The third kappa shape index (κ3) is 3.59. The lowest BCUT2D eigenvalue weighted by molar-refractivity contribution is 0.664. The van der Waals surface area contributed by atoms with Crippen LogP contribution in [0.15, 0.2) is 148 Å². The fourth-order valence-electron chi connectivity index (χ4n) is 5.58. The summed E-state index contributed by atoms with van der Waals surface area (Å²) in [5.41, 5.74) is 9.04. The zero-order chi connectivity index (χ0) is 25.8. The van der Waals surface area contributed by atoms with Crippen molar-refractivity contribution in [3.63, 3.8) is 0 Å². The normalized spacial score (nSPS) is 11.6. The molecule has 184 valence electrons. The van der Waals surface area contributed by atoms with Crippen LogP contribution < -0.4 is 4.90 Å². The van der Waals surface area contributed by atoms with Gasteiger partial charge in [0.25, 0.3) is 0 Å². The highest BCUT2D eigenvalue weighted by atomic mass is 16.3. The third-order valence-corrected chi connectivity index (χ3v) is 7.44. The van der Waals surface area contributed by atoms with Crippen LogP contribution in [0.4, 0.5) is 17.1 Å². The Kier molecular flexibility index (Phi) is 4.82. The van der Waals surface area contributed by atoms with Crippen LogP contribution in [0.5, 0.6) is 0 Å². The van der Waals surface area contributed by atoms with E-state index >= 15 is 0 Å². The first kappa shape index (κ1) is 21.8. The largest absolute Gasteiger partial charge is 0.456 e. The second-order valence-electron chi connectivity index (χ2n) is 9.81. The second kappa shape index (κ2) is 8.64. The van der Waals surface area contributed by atoms with Gasteiger partial charge in [-0.05, 0) is 77.9 Å². The Morgan fingerprint density at radius 3 is 1.54 bits per heavy atom. The number of para-hydroxylation sites is 2. The molecule has 2 heterocycles. The van der Waals surface area contributed by atoms with Crippen molar-refractivity contribution in [2.45, 2.75) is 0 Å². The van der Waals surface area contributed by atoms with E-state index in [1.165, 1.54) is 5.56 Å². The smallest absolute Gasteiger partial charge is 0.136 e. The molecule has 0 aliphatic carbocycles. The number of benzene rings is 6. The number of hydrogen-bond acceptors (Lipinski definition) is 3. The Bertz CT molecular complexity index is 2070. The van der Waals surface area contributed by atoms with E-state index in [2.05, 4.69) is 126 Å². The molecule has 8 rings (SSSR count). The Hall–Kier alpha value is -5.28. The predicted octanol–water partition coefficient (Wildman–Crippen LogP) is 10.6. The van der Waals surface area contributed by atoms with E-state index in [0.29, 0.717) is 0 Å². The zero-order valence-corrected chi connectivity index (χ0v) is 21.0. The number of hydrogen-bond donors (Lipinski definition) is 0. The quantitative estimate of drug-likeness (QED) is 0.240. The van der Waals surface area contributed by atoms with Crippen molar-refractivity contribution < 1.29 is 8.83 Å². The van der Waals surface area contributed by atoms with Crippen molar-refractivity contribution >= 4 is 60.9 Å². The first-order chi connectivity index (χ1) is 19.3. The molecular formula is C36H23NO2. The van der Waals surface area contributed by atoms with Crippen LogP contribution in [0.2, 0.25) is 0 Å². The molecule has 0 bridgehead atoms. The van der Waals surface area contributed by atoms with Crippen molar-refractivity contribution in [3.8, 4) is 11.1 Å². The van der Waals surface area contributed by atoms with Gasteiger partial charge in [0.2, 0.25) is 0 Å². The highest BCUT2D eigenvalue weighted by Gasteiger charge is 2.17. The Balaban J connectivity index is 1.30. The lowest BCUT2D eigenvalue weighted by Crippen LogP contribution is -2.09. The standard InChI is InChI=1S/C36H23NO2/c1-4-10-24(11-5-1)25-16-18-29-31-22-36-32(23-35(31)39-34(29)20-25)30-21-28(17-19-33(30)38-36)37(26-12-6-2-7-13-26)27-14-8-3-9-15-27/h1-23H. The molecule has 0 N–H and O–H groups in total. The van der Waals surface area contributed by atoms with Gasteiger partial charge in [0.1, 0.15) is 22.3 Å². The maximum atomic E-state index is 6.41. The first-order valence-corrected chi connectivity index (χ1v) is 13.1. The molecular weight excluding hydrogens is 478 g/mol. The van der Waals surface area contributed by atoms with Crippen LogP contribution in [0.1, 0.15) is 0 Å². The maximum absolute atomic E-state index is 6.41. The molecule has 6 aromatic carbocycles. The number of furan rings is 2. The van der Waals surface area contributed by atoms with Gasteiger partial charge < -0.3 is 13.7 Å². The average molecular weight is 502 g/mol. The summed E-state index contributed by atoms with van der Waals surface area (Å²) >= 11 is 0. The highest BCUT2D eigenvalue weighted by Crippen LogP contribution is 2.41. The van der Waals surface area contributed by atoms with Crippen LogP contribution in [-0.4, -0.2) is 0 Å². The van der Waals surface area contributed by atoms with E-state index in [4.69, 9.17) is 8.83 Å². The minimum Gasteiger partial charge on any atom is -0.456 e. The molecule has 39 heavy (non-hydrogen) atoms. The summed E-state index contributed by atoms with van der Waals surface area (Å²) < 4.78 is 12.8. The van der Waals surface area contributed by atoms with Crippen molar-refractivity contribution in [1.82, 2.24) is 0 Å². The van der Waals surface area contributed by atoms with Crippen molar-refractivity contribution in [2.24, 2.45) is 0 Å². The van der Waals surface area contributed by atoms with Gasteiger partial charge in [0, 0.05) is 38.6 Å². The van der Waals surface area contributed by atoms with Crippen molar-refractivity contribution in [1.29, 1.82) is 0 Å². The topological polar surface area (TPSA) is 29.5 Å². The van der Waals surface area contributed by atoms with Gasteiger partial charge in [-0.15, -0.1) is 0 Å². The van der Waals surface area contributed by atoms with E-state index in [9.17, 15) is 0 Å². The fraction of sp³-hybridized carbons (Fsp3) is 0. The van der Waals surface area contributed by atoms with Gasteiger partial charge in [-0.25, -0.2) is 0 Å². The third-order valence-electron chi connectivity index (χ3n) is 7.44. The second-order valence-corrected chi connectivity index (χ2v) is 9.81. The molecule has 8 aromatic rings. The molecule has 0 saturated carbocycles. The molecule has 2 aromatic heterocycles. The lowest BCUT2D eigenvalue weighted by Gasteiger charge is -2.25. The van der Waals surface area contributed by atoms with E-state index < -0.39 is 0 Å². The molecule has 0 fully saturated rings. The fourth-order valence-corrected chi connectivity index (χ4v) is 5.58. The molecule has 0 unspecified atom stereocenters. The van der Waals surface area contributed by atoms with E-state index in [0.717, 1.165) is 66.5 Å². The maximum Gasteiger partial charge on any atom is 0.136 e. The van der Waals surface area contributed by atoms with Gasteiger partial charge in [0.05, 0.1) is 0 Å². The van der Waals surface area contributed by atoms with Gasteiger partial charge in [0.15, 0.2) is 0 Å². The van der Waals surface area contributed by atoms with Crippen molar-refractivity contribution in [2.75, 3.05) is 4.90 Å². The van der Waals surface area contributed by atoms with Gasteiger partial charge >= 0.3 is 0 Å². The van der Waals surface area contributed by atoms with Crippen LogP contribution in [0.3, 0.4) is 0 Å². The average Bonchev–Trinajstić information content (AvgIpc) is 3.54. The Labute approximate surface area is 225 Å². The van der Waals surface area contributed by atoms with E-state index in [1.807, 2.05) is 18.2 Å². The summed E-state index contributed by atoms with van der Waals surface area (Å²) in [6.07, 6.45) is 0. The summed E-state index contributed by atoms with van der Waals surface area (Å²) in [7, 11) is 0. The predicted molar refractivity (Wildman–Crippen MR) is 161 cm³/mol. The van der Waals surface area contributed by atoms with Crippen molar-refractivity contribution in [3.05, 3.63) is 140 Å². The number of nitrogens with zero attached hydrogens (tertiary/aromatic N) is 1. The number of rotatable bonds is 4. The zero-order valence-electron chi connectivity index (χ0n) is 21.0. The van der Waals surface area contributed by atoms with Crippen LogP contribution in [0, 0.1) is 0 Å². The molecule has 3 heteroatoms. The monoisotopic (exact) mass is 501 g/mol. The Morgan fingerprint density at radius 2 is 0.872 bits per heavy atom. The van der Waals surface area contributed by atoms with Gasteiger partial charge in [-0.2, -0.15) is 0 Å². The van der Waals surface area contributed by atoms with Crippen LogP contribution in [0.25, 0.3) is 55.0 Å². The summed E-state index contributed by atoms with van der Waals surface area (Å²) in [6.45, 7) is 0. The highest BCUT2D eigenvalue weighted by molar-refractivity contribution is 6.15. The minimum absolute atomic E-state index is 0.857. The van der Waals surface area contributed by atoms with E-state index in [1.54, 1.807) is 0 Å². The first-order valence-electron chi connectivity index (χ1n) is 13.1. The molecule has 3 nitrogen and oxygen atoms in total. The number of anilines is 3. The van der Waals surface area contributed by atoms with Gasteiger partial charge in [-0.1, -0.05) is 72.8 Å². The minimum atomic E-state index is 0.857. The summed E-state index contributed by atoms with van der Waals surface area (Å²) in [4.78, 5) is 2.27. The molecule has 0 amide bonds. The summed E-state index contributed by atoms with van der Waals surface area (Å²) in [6, 6.07) is 48.3. The molecule has 0 atom stereocenters. The summed E-state index contributed by atoms with van der Waals surface area (Å²) in [5, 5.41) is 4.26. The number of fused-ring (bicyclic) bond motifs is 6. The molecule has 0 aliphatic rings. The molecule has 0 aliphatic heterocycles. The van der Waals surface area contributed by atoms with Crippen LogP contribution in [-0.2, 0) is 0 Å². The van der Waals surface area contributed by atoms with Crippen LogP contribution >= 0.6 is 0 Å². The molecule has 0 spiro atoms. The lowest BCUT2D eigenvalue weighted by atomic mass is 10.0. The molecule has 0 saturated heterocycles. The Morgan fingerprint density at radius 1 is 0.333 bits per heavy atom. The SMILES string of the molecule is c1ccc(-c2ccc3c(c2)oc2cc4c(cc23)oc2ccc(N(c3ccccc3)c3ccccc3)cc24)cc1. The van der Waals surface area contributed by atoms with E-state index in [-0.39, 0.29) is 0 Å².